The van der Waals surface area contributed by atoms with Crippen LogP contribution in [0.3, 0.4) is 0 Å². The number of pyridine rings is 1. The highest BCUT2D eigenvalue weighted by Crippen LogP contribution is 2.49. The Balaban J connectivity index is 1.60. The van der Waals surface area contributed by atoms with Gasteiger partial charge in [0.2, 0.25) is 5.43 Å². The van der Waals surface area contributed by atoms with Crippen molar-refractivity contribution in [2.24, 2.45) is 5.73 Å². The van der Waals surface area contributed by atoms with E-state index in [1.807, 2.05) is 6.92 Å². The number of rotatable bonds is 3. The molecule has 2 bridgehead atoms. The van der Waals surface area contributed by atoms with Crippen LogP contribution in [0.5, 0.6) is 5.75 Å². The van der Waals surface area contributed by atoms with Gasteiger partial charge in [-0.2, -0.15) is 5.06 Å². The van der Waals surface area contributed by atoms with Crippen LogP contribution in [0.15, 0.2) is 23.1 Å². The Labute approximate surface area is 207 Å². The fraction of sp³-hybridized carbons (Fsp3) is 0.435. The number of carbonyl (C=O) groups is 2. The summed E-state index contributed by atoms with van der Waals surface area (Å²) in [5, 5.41) is 11.8. The van der Waals surface area contributed by atoms with Crippen LogP contribution in [0.2, 0.25) is 0 Å². The summed E-state index contributed by atoms with van der Waals surface area (Å²) in [6.45, 7) is 1.49. The van der Waals surface area contributed by atoms with Gasteiger partial charge in [0.1, 0.15) is 34.1 Å². The number of hydrogen-bond acceptors (Lipinski definition) is 6. The lowest BCUT2D eigenvalue weighted by Crippen LogP contribution is -2.52. The van der Waals surface area contributed by atoms with E-state index in [1.165, 1.54) is 14.5 Å². The number of nitrogens with two attached hydrogens (primary N) is 1. The summed E-state index contributed by atoms with van der Waals surface area (Å²) in [6.07, 6.45) is 2.10. The van der Waals surface area contributed by atoms with Gasteiger partial charge in [-0.05, 0) is 19.8 Å². The number of hydroxylamine groups is 2. The van der Waals surface area contributed by atoms with E-state index in [9.17, 15) is 32.7 Å². The summed E-state index contributed by atoms with van der Waals surface area (Å²) in [5.41, 5.74) is 1.04. The van der Waals surface area contributed by atoms with Crippen LogP contribution in [0.4, 0.5) is 13.2 Å². The van der Waals surface area contributed by atoms with Gasteiger partial charge in [-0.15, -0.1) is 11.6 Å². The van der Waals surface area contributed by atoms with Gasteiger partial charge < -0.3 is 20.3 Å². The second-order valence-corrected chi connectivity index (χ2v) is 9.92. The van der Waals surface area contributed by atoms with Gasteiger partial charge in [0.15, 0.2) is 11.4 Å². The van der Waals surface area contributed by atoms with E-state index in [0.717, 1.165) is 6.20 Å². The van der Waals surface area contributed by atoms with Gasteiger partial charge in [0.05, 0.1) is 12.6 Å². The molecule has 0 aliphatic carbocycles. The molecule has 4 atom stereocenters. The predicted octanol–water partition coefficient (Wildman–Crippen LogP) is 2.39. The van der Waals surface area contributed by atoms with Crippen molar-refractivity contribution in [3.63, 3.8) is 0 Å². The molecule has 4 heterocycles. The van der Waals surface area contributed by atoms with Crippen molar-refractivity contribution in [1.29, 1.82) is 0 Å². The molecular formula is C23H22ClF3N4O5. The normalized spacial score (nSPS) is 27.9. The van der Waals surface area contributed by atoms with Crippen molar-refractivity contribution < 1.29 is 32.7 Å². The number of carbonyl (C=O) groups excluding carboxylic acids is 2. The van der Waals surface area contributed by atoms with Crippen LogP contribution >= 0.6 is 11.6 Å². The molecule has 0 saturated carbocycles. The maximum atomic E-state index is 14.3. The summed E-state index contributed by atoms with van der Waals surface area (Å²) in [4.78, 5) is 45.4. The Kier molecular flexibility index (Phi) is 5.80. The second-order valence-electron chi connectivity index (χ2n) is 9.42. The van der Waals surface area contributed by atoms with E-state index in [1.54, 1.807) is 0 Å². The summed E-state index contributed by atoms with van der Waals surface area (Å²) in [5.74, 6) is -5.82. The predicted molar refractivity (Wildman–Crippen MR) is 120 cm³/mol. The topological polar surface area (TPSA) is 118 Å². The van der Waals surface area contributed by atoms with E-state index < -0.39 is 75.3 Å². The number of amides is 2. The number of halogens is 4. The number of aromatic hydroxyl groups is 1. The molecule has 13 heteroatoms. The molecule has 2 amide bonds. The standard InChI is InChI=1S/C23H22ClF3N4O5/c1-10-2-3-23(6-17(24)31(36-23)8-12-14(26)4-11(25)5-15(12)27)16-9-29(10)22(35)18-20(33)19(32)13(21(28)34)7-30(16)18/h4-5,7,10,16-17,33H,2-3,6,8-9H2,1H3,(H2,28,34)/t10-,16+,17?,23-/m0/s1. The molecule has 9 nitrogen and oxygen atoms in total. The average Bonchev–Trinajstić information content (AvgIpc) is 3.06. The first-order chi connectivity index (χ1) is 16.9. The van der Waals surface area contributed by atoms with E-state index in [0.29, 0.717) is 25.0 Å². The van der Waals surface area contributed by atoms with Crippen LogP contribution < -0.4 is 11.2 Å². The lowest BCUT2D eigenvalue weighted by atomic mass is 9.85. The third-order valence-electron chi connectivity index (χ3n) is 7.31. The van der Waals surface area contributed by atoms with Gasteiger partial charge in [-0.3, -0.25) is 19.2 Å². The highest BCUT2D eigenvalue weighted by atomic mass is 35.5. The number of fused-ring (bicyclic) bond motifs is 5. The molecule has 3 aliphatic rings. The summed E-state index contributed by atoms with van der Waals surface area (Å²) < 4.78 is 43.4. The molecule has 2 saturated heterocycles. The highest BCUT2D eigenvalue weighted by molar-refractivity contribution is 6.20. The van der Waals surface area contributed by atoms with E-state index in [-0.39, 0.29) is 24.7 Å². The number of benzene rings is 1. The van der Waals surface area contributed by atoms with Gasteiger partial charge >= 0.3 is 0 Å². The Hall–Kier alpha value is -3.09. The zero-order chi connectivity index (χ0) is 26.1. The Bertz CT molecular complexity index is 1330. The largest absolute Gasteiger partial charge is 0.503 e. The monoisotopic (exact) mass is 526 g/mol. The first-order valence-electron chi connectivity index (χ1n) is 11.3. The van der Waals surface area contributed by atoms with Crippen LogP contribution in [-0.4, -0.2) is 55.1 Å². The van der Waals surface area contributed by atoms with Crippen molar-refractivity contribution >= 4 is 23.4 Å². The maximum absolute atomic E-state index is 14.3. The second kappa shape index (κ2) is 8.49. The molecule has 1 aromatic carbocycles. The number of hydrogen-bond donors (Lipinski definition) is 2. The first-order valence-corrected chi connectivity index (χ1v) is 11.7. The molecule has 5 rings (SSSR count). The van der Waals surface area contributed by atoms with E-state index >= 15 is 0 Å². The number of alkyl halides is 1. The molecule has 1 spiro atoms. The highest BCUT2D eigenvalue weighted by Gasteiger charge is 2.56. The molecule has 0 radical (unpaired) electrons. The fourth-order valence-corrected chi connectivity index (χ4v) is 5.76. The maximum Gasteiger partial charge on any atom is 0.274 e. The third kappa shape index (κ3) is 3.66. The van der Waals surface area contributed by atoms with Crippen molar-refractivity contribution in [3.05, 3.63) is 62.8 Å². The van der Waals surface area contributed by atoms with Gasteiger partial charge in [-0.1, -0.05) is 0 Å². The Morgan fingerprint density at radius 1 is 1.28 bits per heavy atom. The zero-order valence-corrected chi connectivity index (χ0v) is 19.8. The lowest BCUT2D eigenvalue weighted by Gasteiger charge is -2.42. The van der Waals surface area contributed by atoms with Gasteiger partial charge in [0.25, 0.3) is 11.8 Å². The third-order valence-corrected chi connectivity index (χ3v) is 7.69. The van der Waals surface area contributed by atoms with Crippen LogP contribution in [0.1, 0.15) is 58.6 Å². The van der Waals surface area contributed by atoms with Gasteiger partial charge in [0, 0.05) is 42.9 Å². The number of aromatic nitrogens is 1. The minimum Gasteiger partial charge on any atom is -0.503 e. The Morgan fingerprint density at radius 3 is 2.58 bits per heavy atom. The minimum atomic E-state index is -1.13. The fourth-order valence-electron chi connectivity index (χ4n) is 5.39. The average molecular weight is 527 g/mol. The smallest absolute Gasteiger partial charge is 0.274 e. The number of primary amides is 1. The van der Waals surface area contributed by atoms with Crippen molar-refractivity contribution in [1.82, 2.24) is 14.5 Å². The zero-order valence-electron chi connectivity index (χ0n) is 19.0. The van der Waals surface area contributed by atoms with Crippen molar-refractivity contribution in [2.45, 2.75) is 55.9 Å². The molecule has 36 heavy (non-hydrogen) atoms. The number of nitrogens with zero attached hydrogens (tertiary/aromatic N) is 3. The van der Waals surface area contributed by atoms with Gasteiger partial charge in [-0.25, -0.2) is 13.2 Å². The van der Waals surface area contributed by atoms with Crippen LogP contribution in [0.25, 0.3) is 0 Å². The Morgan fingerprint density at radius 2 is 1.94 bits per heavy atom. The molecule has 3 N–H and O–H groups in total. The molecule has 2 aromatic rings. The first kappa shape index (κ1) is 24.6. The quantitative estimate of drug-likeness (QED) is 0.468. The molecule has 1 aromatic heterocycles. The van der Waals surface area contributed by atoms with E-state index in [2.05, 4.69) is 0 Å². The minimum absolute atomic E-state index is 0.101. The molecule has 192 valence electrons. The SMILES string of the molecule is C[C@H]1CC[C@]2(CC(Cl)N(Cc3c(F)cc(F)cc3F)O2)[C@H]2CN1C(=O)c1c(O)c(=O)c(C(N)=O)cn12. The van der Waals surface area contributed by atoms with E-state index in [4.69, 9.17) is 22.2 Å². The van der Waals surface area contributed by atoms with Crippen molar-refractivity contribution in [2.75, 3.05) is 6.54 Å². The van der Waals surface area contributed by atoms with Crippen LogP contribution in [0, 0.1) is 17.5 Å². The van der Waals surface area contributed by atoms with Crippen LogP contribution in [-0.2, 0) is 11.4 Å². The molecular weight excluding hydrogens is 505 g/mol. The van der Waals surface area contributed by atoms with Crippen molar-refractivity contribution in [3.8, 4) is 5.75 Å². The summed E-state index contributed by atoms with van der Waals surface area (Å²) >= 11 is 6.57. The molecule has 3 aliphatic heterocycles. The molecule has 2 fully saturated rings. The summed E-state index contributed by atoms with van der Waals surface area (Å²) in [6, 6.07) is 0.101. The lowest BCUT2D eigenvalue weighted by molar-refractivity contribution is -0.221. The molecule has 1 unspecified atom stereocenters. The summed E-state index contributed by atoms with van der Waals surface area (Å²) in [7, 11) is 0.